The van der Waals surface area contributed by atoms with Crippen molar-refractivity contribution < 1.29 is 9.47 Å². The molecule has 0 saturated carbocycles. The van der Waals surface area contributed by atoms with Gasteiger partial charge in [0.1, 0.15) is 0 Å². The summed E-state index contributed by atoms with van der Waals surface area (Å²) < 4.78 is 12.7. The third-order valence-electron chi connectivity index (χ3n) is 3.70. The van der Waals surface area contributed by atoms with E-state index in [1.165, 1.54) is 0 Å². The Balaban J connectivity index is 1.48. The van der Waals surface area contributed by atoms with Gasteiger partial charge in [0.2, 0.25) is 6.79 Å². The smallest absolute Gasteiger partial charge is 0.231 e. The van der Waals surface area contributed by atoms with Crippen LogP contribution in [-0.2, 0) is 13.1 Å². The molecule has 6 nitrogen and oxygen atoms in total. The van der Waals surface area contributed by atoms with Crippen molar-refractivity contribution in [2.45, 2.75) is 13.1 Å². The highest BCUT2D eigenvalue weighted by Gasteiger charge is 2.16. The summed E-state index contributed by atoms with van der Waals surface area (Å²) in [5.74, 6) is 2.48. The first kappa shape index (κ1) is 13.8. The van der Waals surface area contributed by atoms with Gasteiger partial charge in [0.15, 0.2) is 17.3 Å². The van der Waals surface area contributed by atoms with Gasteiger partial charge in [-0.3, -0.25) is 0 Å². The van der Waals surface area contributed by atoms with Gasteiger partial charge in [-0.15, -0.1) is 0 Å². The number of hydrogen-bond donors (Lipinski definition) is 1. The lowest BCUT2D eigenvalue weighted by Gasteiger charge is -2.10. The molecule has 1 aromatic carbocycles. The molecule has 2 aromatic heterocycles. The van der Waals surface area contributed by atoms with Crippen LogP contribution in [0.15, 0.2) is 55.0 Å². The van der Waals surface area contributed by atoms with Gasteiger partial charge in [-0.1, -0.05) is 18.2 Å². The molecule has 3 aromatic rings. The van der Waals surface area contributed by atoms with Gasteiger partial charge in [0.05, 0.1) is 0 Å². The van der Waals surface area contributed by atoms with E-state index in [9.17, 15) is 0 Å². The number of fused-ring (bicyclic) bond motifs is 1. The molecule has 0 atom stereocenters. The fourth-order valence-corrected chi connectivity index (χ4v) is 2.63. The number of rotatable bonds is 5. The standard InChI is InChI=1S/C17H16N4O2/c1-4-13(16-15(6-1)22-12-23-16)10-18-11-14-5-2-7-19-17(14)21-9-3-8-20-21/h1-9,18H,10-12H2. The van der Waals surface area contributed by atoms with Gasteiger partial charge in [0.25, 0.3) is 0 Å². The topological polar surface area (TPSA) is 61.2 Å². The number of nitrogens with zero attached hydrogens (tertiary/aromatic N) is 3. The fraction of sp³-hybridized carbons (Fsp3) is 0.176. The predicted molar refractivity (Wildman–Crippen MR) is 84.5 cm³/mol. The number of hydrogen-bond acceptors (Lipinski definition) is 5. The first-order valence-electron chi connectivity index (χ1n) is 7.44. The van der Waals surface area contributed by atoms with Crippen molar-refractivity contribution >= 4 is 0 Å². The summed E-state index contributed by atoms with van der Waals surface area (Å²) in [5.41, 5.74) is 2.17. The fourth-order valence-electron chi connectivity index (χ4n) is 2.63. The highest BCUT2D eigenvalue weighted by atomic mass is 16.7. The van der Waals surface area contributed by atoms with E-state index in [1.807, 2.05) is 42.6 Å². The van der Waals surface area contributed by atoms with Crippen LogP contribution in [0.5, 0.6) is 11.5 Å². The van der Waals surface area contributed by atoms with E-state index in [2.05, 4.69) is 15.4 Å². The van der Waals surface area contributed by atoms with E-state index < -0.39 is 0 Å². The Hall–Kier alpha value is -2.86. The maximum atomic E-state index is 5.53. The molecule has 0 radical (unpaired) electrons. The molecule has 1 aliphatic heterocycles. The van der Waals surface area contributed by atoms with E-state index in [0.29, 0.717) is 19.9 Å². The van der Waals surface area contributed by atoms with Gasteiger partial charge in [0, 0.05) is 42.8 Å². The molecule has 0 amide bonds. The van der Waals surface area contributed by atoms with Crippen LogP contribution < -0.4 is 14.8 Å². The van der Waals surface area contributed by atoms with Crippen LogP contribution in [0, 0.1) is 0 Å². The van der Waals surface area contributed by atoms with Crippen LogP contribution in [0.2, 0.25) is 0 Å². The molecule has 0 saturated heterocycles. The molecular formula is C17H16N4O2. The normalized spacial score (nSPS) is 12.5. The van der Waals surface area contributed by atoms with Gasteiger partial charge in [-0.2, -0.15) is 5.10 Å². The first-order valence-corrected chi connectivity index (χ1v) is 7.44. The average molecular weight is 308 g/mol. The molecule has 0 aliphatic carbocycles. The zero-order valence-electron chi connectivity index (χ0n) is 12.5. The van der Waals surface area contributed by atoms with Crippen molar-refractivity contribution in [2.24, 2.45) is 0 Å². The number of aromatic nitrogens is 3. The summed E-state index contributed by atoms with van der Waals surface area (Å²) in [7, 11) is 0. The molecule has 1 N–H and O–H groups in total. The van der Waals surface area contributed by atoms with Crippen molar-refractivity contribution in [1.82, 2.24) is 20.1 Å². The predicted octanol–water partition coefficient (Wildman–Crippen LogP) is 2.29. The zero-order valence-corrected chi connectivity index (χ0v) is 12.5. The SMILES string of the molecule is c1cnc(-n2cccn2)c(CNCc2cccc3c2OCO3)c1. The van der Waals surface area contributed by atoms with Crippen LogP contribution in [0.1, 0.15) is 11.1 Å². The number of nitrogens with one attached hydrogen (secondary N) is 1. The van der Waals surface area contributed by atoms with E-state index in [4.69, 9.17) is 9.47 Å². The van der Waals surface area contributed by atoms with Gasteiger partial charge in [-0.25, -0.2) is 9.67 Å². The minimum absolute atomic E-state index is 0.290. The van der Waals surface area contributed by atoms with Gasteiger partial charge in [-0.05, 0) is 18.2 Å². The zero-order chi connectivity index (χ0) is 15.5. The maximum Gasteiger partial charge on any atom is 0.231 e. The second-order valence-corrected chi connectivity index (χ2v) is 5.19. The quantitative estimate of drug-likeness (QED) is 0.783. The van der Waals surface area contributed by atoms with Crippen molar-refractivity contribution in [1.29, 1.82) is 0 Å². The Labute approximate surface area is 133 Å². The molecule has 23 heavy (non-hydrogen) atoms. The summed E-state index contributed by atoms with van der Waals surface area (Å²) in [4.78, 5) is 4.42. The van der Waals surface area contributed by atoms with Crippen LogP contribution in [0.3, 0.4) is 0 Å². The van der Waals surface area contributed by atoms with Gasteiger partial charge < -0.3 is 14.8 Å². The Morgan fingerprint density at radius 3 is 2.83 bits per heavy atom. The van der Waals surface area contributed by atoms with Crippen LogP contribution in [-0.4, -0.2) is 21.6 Å². The molecule has 0 fully saturated rings. The molecule has 0 bridgehead atoms. The van der Waals surface area contributed by atoms with Gasteiger partial charge >= 0.3 is 0 Å². The molecule has 116 valence electrons. The molecule has 4 rings (SSSR count). The minimum atomic E-state index is 0.290. The van der Waals surface area contributed by atoms with E-state index in [-0.39, 0.29) is 0 Å². The lowest BCUT2D eigenvalue weighted by molar-refractivity contribution is 0.173. The third-order valence-corrected chi connectivity index (χ3v) is 3.70. The lowest BCUT2D eigenvalue weighted by atomic mass is 10.2. The van der Waals surface area contributed by atoms with E-state index in [1.54, 1.807) is 17.1 Å². The van der Waals surface area contributed by atoms with E-state index in [0.717, 1.165) is 28.4 Å². The Morgan fingerprint density at radius 2 is 1.91 bits per heavy atom. The average Bonchev–Trinajstić information content (AvgIpc) is 3.27. The highest BCUT2D eigenvalue weighted by molar-refractivity contribution is 5.48. The van der Waals surface area contributed by atoms with Crippen molar-refractivity contribution in [3.05, 3.63) is 66.1 Å². The Morgan fingerprint density at radius 1 is 1.00 bits per heavy atom. The number of pyridine rings is 1. The van der Waals surface area contributed by atoms with Crippen LogP contribution in [0.4, 0.5) is 0 Å². The Kier molecular flexibility index (Phi) is 3.65. The third kappa shape index (κ3) is 2.76. The van der Waals surface area contributed by atoms with Crippen molar-refractivity contribution in [2.75, 3.05) is 6.79 Å². The first-order chi connectivity index (χ1) is 11.4. The highest BCUT2D eigenvalue weighted by Crippen LogP contribution is 2.35. The largest absolute Gasteiger partial charge is 0.454 e. The molecular weight excluding hydrogens is 292 g/mol. The summed E-state index contributed by atoms with van der Waals surface area (Å²) in [6.07, 6.45) is 5.41. The number of benzene rings is 1. The van der Waals surface area contributed by atoms with Crippen molar-refractivity contribution in [3.8, 4) is 17.3 Å². The molecule has 0 spiro atoms. The monoisotopic (exact) mass is 308 g/mol. The lowest BCUT2D eigenvalue weighted by Crippen LogP contribution is -2.15. The summed E-state index contributed by atoms with van der Waals surface area (Å²) in [5, 5.41) is 7.68. The second kappa shape index (κ2) is 6.10. The number of para-hydroxylation sites is 1. The summed E-state index contributed by atoms with van der Waals surface area (Å²) in [6, 6.07) is 11.8. The van der Waals surface area contributed by atoms with Crippen molar-refractivity contribution in [3.63, 3.8) is 0 Å². The molecule has 1 aliphatic rings. The molecule has 0 unspecified atom stereocenters. The molecule has 3 heterocycles. The Bertz CT molecular complexity index is 802. The van der Waals surface area contributed by atoms with E-state index >= 15 is 0 Å². The summed E-state index contributed by atoms with van der Waals surface area (Å²) >= 11 is 0. The molecule has 6 heteroatoms. The second-order valence-electron chi connectivity index (χ2n) is 5.19. The van der Waals surface area contributed by atoms with Crippen LogP contribution >= 0.6 is 0 Å². The summed E-state index contributed by atoms with van der Waals surface area (Å²) in [6.45, 7) is 1.67. The minimum Gasteiger partial charge on any atom is -0.454 e. The number of ether oxygens (including phenoxy) is 2. The van der Waals surface area contributed by atoms with Crippen LogP contribution in [0.25, 0.3) is 5.82 Å². The maximum absolute atomic E-state index is 5.53.